The Bertz CT molecular complexity index is 559. The highest BCUT2D eigenvalue weighted by molar-refractivity contribution is 5.65. The zero-order valence-electron chi connectivity index (χ0n) is 12.3. The molecule has 1 aromatic carbocycles. The minimum atomic E-state index is -1.03. The minimum Gasteiger partial charge on any atom is -0.428 e. The molecule has 0 unspecified atom stereocenters. The van der Waals surface area contributed by atoms with Crippen LogP contribution in [0.25, 0.3) is 0 Å². The standard InChI is InChI=1S/C15H19FO4/c1-9(2)10-7-6-8-11(16)12(17)13(10)19-14(18)20-15(3,4)5/h6-9H,1-5H3. The number of halogens is 1. The van der Waals surface area contributed by atoms with Crippen molar-refractivity contribution in [3.63, 3.8) is 0 Å². The van der Waals surface area contributed by atoms with Crippen LogP contribution in [0, 0.1) is 5.82 Å². The second-order valence-corrected chi connectivity index (χ2v) is 5.71. The second kappa shape index (κ2) is 6.03. The molecule has 0 aliphatic rings. The molecule has 0 atom stereocenters. The van der Waals surface area contributed by atoms with Gasteiger partial charge in [0.1, 0.15) is 5.60 Å². The van der Waals surface area contributed by atoms with E-state index in [4.69, 9.17) is 9.47 Å². The van der Waals surface area contributed by atoms with Crippen LogP contribution in [-0.2, 0) is 4.74 Å². The molecule has 0 aliphatic carbocycles. The summed E-state index contributed by atoms with van der Waals surface area (Å²) in [4.78, 5) is 23.6. The van der Waals surface area contributed by atoms with E-state index in [2.05, 4.69) is 0 Å². The van der Waals surface area contributed by atoms with Crippen LogP contribution >= 0.6 is 0 Å². The van der Waals surface area contributed by atoms with Crippen LogP contribution in [0.4, 0.5) is 9.18 Å². The number of carbonyl (C=O) groups is 1. The van der Waals surface area contributed by atoms with Gasteiger partial charge in [0, 0.05) is 5.56 Å². The van der Waals surface area contributed by atoms with Gasteiger partial charge in [-0.2, -0.15) is 0 Å². The third-order valence-electron chi connectivity index (χ3n) is 2.40. The SMILES string of the molecule is CC(C)c1cccc(F)c(=O)c1OC(=O)OC(C)(C)C. The third-order valence-corrected chi connectivity index (χ3v) is 2.40. The molecule has 0 heterocycles. The Kier molecular flexibility index (Phi) is 4.87. The quantitative estimate of drug-likeness (QED) is 0.777. The summed E-state index contributed by atoms with van der Waals surface area (Å²) >= 11 is 0. The van der Waals surface area contributed by atoms with Gasteiger partial charge in [-0.05, 0) is 32.8 Å². The maximum atomic E-state index is 13.5. The summed E-state index contributed by atoms with van der Waals surface area (Å²) in [6.07, 6.45) is -1.03. The number of rotatable bonds is 2. The van der Waals surface area contributed by atoms with Gasteiger partial charge in [0.05, 0.1) is 0 Å². The van der Waals surface area contributed by atoms with E-state index in [1.807, 2.05) is 13.8 Å². The van der Waals surface area contributed by atoms with Crippen LogP contribution in [0.2, 0.25) is 0 Å². The van der Waals surface area contributed by atoms with E-state index in [0.717, 1.165) is 6.07 Å². The van der Waals surface area contributed by atoms with Gasteiger partial charge in [0.25, 0.3) is 5.43 Å². The normalized spacial score (nSPS) is 11.3. The minimum absolute atomic E-state index is 0.105. The van der Waals surface area contributed by atoms with Gasteiger partial charge in [-0.1, -0.05) is 26.0 Å². The molecule has 0 radical (unpaired) electrons. The Hall–Kier alpha value is -1.91. The van der Waals surface area contributed by atoms with E-state index in [9.17, 15) is 14.0 Å². The Morgan fingerprint density at radius 3 is 2.35 bits per heavy atom. The predicted molar refractivity (Wildman–Crippen MR) is 73.6 cm³/mol. The van der Waals surface area contributed by atoms with E-state index < -0.39 is 23.0 Å². The lowest BCUT2D eigenvalue weighted by Crippen LogP contribution is -2.27. The van der Waals surface area contributed by atoms with Crippen LogP contribution in [0.15, 0.2) is 23.0 Å². The molecule has 0 spiro atoms. The monoisotopic (exact) mass is 282 g/mol. The van der Waals surface area contributed by atoms with Crippen molar-refractivity contribution in [1.82, 2.24) is 0 Å². The largest absolute Gasteiger partial charge is 0.514 e. The first-order chi connectivity index (χ1) is 9.11. The molecule has 0 saturated heterocycles. The summed E-state index contributed by atoms with van der Waals surface area (Å²) in [6, 6.07) is 4.00. The Labute approximate surface area is 117 Å². The molecule has 0 aliphatic heterocycles. The van der Waals surface area contributed by atoms with Gasteiger partial charge >= 0.3 is 6.16 Å². The summed E-state index contributed by atoms with van der Waals surface area (Å²) in [7, 11) is 0. The van der Waals surface area contributed by atoms with Crippen molar-refractivity contribution in [1.29, 1.82) is 0 Å². The molecule has 0 N–H and O–H groups in total. The van der Waals surface area contributed by atoms with E-state index in [1.165, 1.54) is 6.07 Å². The van der Waals surface area contributed by atoms with Crippen molar-refractivity contribution in [2.75, 3.05) is 0 Å². The lowest BCUT2D eigenvalue weighted by Gasteiger charge is -2.19. The molecule has 0 bridgehead atoms. The molecule has 1 aromatic rings. The lowest BCUT2D eigenvalue weighted by atomic mass is 10.0. The van der Waals surface area contributed by atoms with Crippen LogP contribution in [0.3, 0.4) is 0 Å². The molecular formula is C15H19FO4. The first-order valence-electron chi connectivity index (χ1n) is 6.35. The number of hydrogen-bond donors (Lipinski definition) is 0. The number of ether oxygens (including phenoxy) is 2. The number of carbonyl (C=O) groups excluding carboxylic acids is 1. The molecule has 0 aromatic heterocycles. The molecule has 4 nitrogen and oxygen atoms in total. The molecule has 1 rings (SSSR count). The zero-order valence-corrected chi connectivity index (χ0v) is 12.3. The van der Waals surface area contributed by atoms with Gasteiger partial charge in [-0.3, -0.25) is 4.79 Å². The molecule has 0 amide bonds. The van der Waals surface area contributed by atoms with Gasteiger partial charge in [-0.15, -0.1) is 0 Å². The zero-order chi connectivity index (χ0) is 15.5. The Morgan fingerprint density at radius 1 is 1.25 bits per heavy atom. The maximum Gasteiger partial charge on any atom is 0.514 e. The van der Waals surface area contributed by atoms with Gasteiger partial charge < -0.3 is 9.47 Å². The number of hydrogen-bond acceptors (Lipinski definition) is 4. The fourth-order valence-electron chi connectivity index (χ4n) is 1.54. The molecular weight excluding hydrogens is 263 g/mol. The smallest absolute Gasteiger partial charge is 0.428 e. The lowest BCUT2D eigenvalue weighted by molar-refractivity contribution is 0.0201. The summed E-state index contributed by atoms with van der Waals surface area (Å²) in [6.45, 7) is 8.63. The van der Waals surface area contributed by atoms with Gasteiger partial charge in [-0.25, -0.2) is 9.18 Å². The van der Waals surface area contributed by atoms with Gasteiger partial charge in [0.2, 0.25) is 0 Å². The molecule has 110 valence electrons. The average Bonchev–Trinajstić information content (AvgIpc) is 2.40. The summed E-state index contributed by atoms with van der Waals surface area (Å²) in [5.41, 5.74) is -1.26. The summed E-state index contributed by atoms with van der Waals surface area (Å²) in [5.74, 6) is -1.40. The van der Waals surface area contributed by atoms with Crippen molar-refractivity contribution in [3.8, 4) is 5.75 Å². The van der Waals surface area contributed by atoms with Crippen molar-refractivity contribution in [3.05, 3.63) is 39.8 Å². The topological polar surface area (TPSA) is 52.6 Å². The molecule has 20 heavy (non-hydrogen) atoms. The van der Waals surface area contributed by atoms with Crippen LogP contribution in [0.1, 0.15) is 46.1 Å². The maximum absolute atomic E-state index is 13.5. The molecule has 5 heteroatoms. The van der Waals surface area contributed by atoms with E-state index in [0.29, 0.717) is 5.56 Å². The van der Waals surface area contributed by atoms with Crippen molar-refractivity contribution in [2.24, 2.45) is 0 Å². The molecule has 0 saturated carbocycles. The van der Waals surface area contributed by atoms with Crippen molar-refractivity contribution < 1.29 is 18.7 Å². The predicted octanol–water partition coefficient (Wildman–Crippen LogP) is 3.62. The van der Waals surface area contributed by atoms with Gasteiger partial charge in [0.15, 0.2) is 11.6 Å². The van der Waals surface area contributed by atoms with Crippen LogP contribution in [-0.4, -0.2) is 11.8 Å². The third kappa shape index (κ3) is 4.33. The van der Waals surface area contributed by atoms with Crippen LogP contribution < -0.4 is 10.2 Å². The highest BCUT2D eigenvalue weighted by atomic mass is 19.1. The summed E-state index contributed by atoms with van der Waals surface area (Å²) in [5, 5.41) is 0. The fourth-order valence-corrected chi connectivity index (χ4v) is 1.54. The first-order valence-corrected chi connectivity index (χ1v) is 6.35. The highest BCUT2D eigenvalue weighted by Gasteiger charge is 2.22. The van der Waals surface area contributed by atoms with E-state index in [-0.39, 0.29) is 11.7 Å². The Morgan fingerprint density at radius 2 is 1.85 bits per heavy atom. The van der Waals surface area contributed by atoms with Crippen LogP contribution in [0.5, 0.6) is 5.75 Å². The van der Waals surface area contributed by atoms with Crippen molar-refractivity contribution in [2.45, 2.75) is 46.1 Å². The first kappa shape index (κ1) is 16.1. The fraction of sp³-hybridized carbons (Fsp3) is 0.467. The summed E-state index contributed by atoms with van der Waals surface area (Å²) < 4.78 is 23.4. The second-order valence-electron chi connectivity index (χ2n) is 5.71. The van der Waals surface area contributed by atoms with E-state index >= 15 is 0 Å². The highest BCUT2D eigenvalue weighted by Crippen LogP contribution is 2.23. The Balaban J connectivity index is 3.24. The van der Waals surface area contributed by atoms with E-state index in [1.54, 1.807) is 26.8 Å². The average molecular weight is 282 g/mol. The van der Waals surface area contributed by atoms with Crippen molar-refractivity contribution >= 4 is 6.16 Å². The molecule has 0 fully saturated rings.